The summed E-state index contributed by atoms with van der Waals surface area (Å²) in [6.07, 6.45) is 0.242. The molecular weight excluding hydrogens is 448 g/mol. The number of fused-ring (bicyclic) bond motifs is 1. The second-order valence-corrected chi connectivity index (χ2v) is 10.9. The molecule has 0 radical (unpaired) electrons. The molecule has 3 rings (SSSR count). The molecule has 1 N–H and O–H groups in total. The quantitative estimate of drug-likeness (QED) is 0.483. The van der Waals surface area contributed by atoms with E-state index in [-0.39, 0.29) is 31.1 Å². The van der Waals surface area contributed by atoms with Crippen LogP contribution in [0.1, 0.15) is 49.7 Å². The van der Waals surface area contributed by atoms with Crippen LogP contribution in [0, 0.1) is 12.8 Å². The molecule has 0 aliphatic carbocycles. The minimum absolute atomic E-state index is 0.0682. The number of carbonyl (C=O) groups excluding carboxylic acids is 1. The number of carbonyl (C=O) groups is 1. The second-order valence-electron chi connectivity index (χ2n) is 9.89. The number of ether oxygens (including phenoxy) is 2. The van der Waals surface area contributed by atoms with Crippen molar-refractivity contribution in [1.82, 2.24) is 9.80 Å². The monoisotopic (exact) mass is 488 g/mol. The van der Waals surface area contributed by atoms with E-state index in [9.17, 15) is 9.90 Å². The molecule has 34 heavy (non-hydrogen) atoms. The number of aliphatic hydroxyl groups excluding tert-OH is 1. The van der Waals surface area contributed by atoms with E-state index in [4.69, 9.17) is 9.47 Å². The maximum absolute atomic E-state index is 13.5. The summed E-state index contributed by atoms with van der Waals surface area (Å²) < 4.78 is 11.8. The van der Waals surface area contributed by atoms with Crippen molar-refractivity contribution in [3.05, 3.63) is 51.7 Å². The van der Waals surface area contributed by atoms with Crippen molar-refractivity contribution in [2.24, 2.45) is 5.92 Å². The summed E-state index contributed by atoms with van der Waals surface area (Å²) >= 11 is 1.75. The molecule has 1 aliphatic rings. The van der Waals surface area contributed by atoms with Crippen molar-refractivity contribution < 1.29 is 19.4 Å². The predicted octanol–water partition coefficient (Wildman–Crippen LogP) is 4.31. The molecule has 0 saturated heterocycles. The molecule has 6 nitrogen and oxygen atoms in total. The Morgan fingerprint density at radius 1 is 1.24 bits per heavy atom. The molecule has 188 valence electrons. The fraction of sp³-hybridized carbons (Fsp3) is 0.593. The Morgan fingerprint density at radius 2 is 2.03 bits per heavy atom. The van der Waals surface area contributed by atoms with Crippen LogP contribution in [-0.4, -0.2) is 72.4 Å². The number of nitrogens with zero attached hydrogens (tertiary/aromatic N) is 2. The van der Waals surface area contributed by atoms with Crippen LogP contribution in [0.2, 0.25) is 0 Å². The number of rotatable bonds is 12. The predicted molar refractivity (Wildman–Crippen MR) is 138 cm³/mol. The van der Waals surface area contributed by atoms with Crippen molar-refractivity contribution in [2.75, 3.05) is 39.5 Å². The summed E-state index contributed by atoms with van der Waals surface area (Å²) in [5, 5.41) is 12.6. The topological polar surface area (TPSA) is 62.2 Å². The van der Waals surface area contributed by atoms with Gasteiger partial charge in [-0.1, -0.05) is 26.0 Å². The van der Waals surface area contributed by atoms with E-state index in [1.807, 2.05) is 41.0 Å². The normalized spacial score (nSPS) is 16.9. The van der Waals surface area contributed by atoms with Gasteiger partial charge in [-0.15, -0.1) is 11.3 Å². The average molecular weight is 489 g/mol. The van der Waals surface area contributed by atoms with E-state index in [1.54, 1.807) is 11.3 Å². The molecule has 0 saturated carbocycles. The van der Waals surface area contributed by atoms with Gasteiger partial charge in [0.2, 0.25) is 5.91 Å². The number of aliphatic hydroxyl groups is 1. The van der Waals surface area contributed by atoms with Gasteiger partial charge < -0.3 is 19.5 Å². The van der Waals surface area contributed by atoms with Crippen molar-refractivity contribution >= 4 is 17.2 Å². The van der Waals surface area contributed by atoms with E-state index in [0.29, 0.717) is 32.2 Å². The van der Waals surface area contributed by atoms with Crippen molar-refractivity contribution in [1.29, 1.82) is 0 Å². The molecule has 0 fully saturated rings. The first-order chi connectivity index (χ1) is 16.2. The SMILES string of the molecule is Cc1cccc(OCC2c3ccsc3CCN2C(=O)CN(CC(O)COCC(C)C)C(C)C)c1. The fourth-order valence-corrected chi connectivity index (χ4v) is 5.17. The minimum Gasteiger partial charge on any atom is -0.491 e. The Morgan fingerprint density at radius 3 is 2.74 bits per heavy atom. The van der Waals surface area contributed by atoms with E-state index < -0.39 is 6.10 Å². The standard InChI is InChI=1S/C27H40N2O4S/c1-19(2)16-32-17-22(30)14-28(20(3)4)15-27(31)29-11-9-26-24(10-12-34-26)25(29)18-33-23-8-6-7-21(5)13-23/h6-8,10,12-13,19-20,22,25,30H,9,11,14-18H2,1-5H3. The molecule has 2 heterocycles. The molecule has 0 spiro atoms. The van der Waals surface area contributed by atoms with Crippen LogP contribution >= 0.6 is 11.3 Å². The van der Waals surface area contributed by atoms with Gasteiger partial charge in [0.1, 0.15) is 12.4 Å². The largest absolute Gasteiger partial charge is 0.491 e. The number of thiophene rings is 1. The van der Waals surface area contributed by atoms with Gasteiger partial charge >= 0.3 is 0 Å². The first-order valence-electron chi connectivity index (χ1n) is 12.3. The Kier molecular flexibility index (Phi) is 9.95. The highest BCUT2D eigenvalue weighted by Gasteiger charge is 2.33. The molecule has 2 aromatic rings. The summed E-state index contributed by atoms with van der Waals surface area (Å²) in [6.45, 7) is 13.0. The number of benzene rings is 1. The Labute approximate surface area is 208 Å². The van der Waals surface area contributed by atoms with Crippen molar-refractivity contribution in [2.45, 2.75) is 59.2 Å². The van der Waals surface area contributed by atoms with Gasteiger partial charge in [-0.05, 0) is 67.8 Å². The zero-order valence-corrected chi connectivity index (χ0v) is 22.0. The summed E-state index contributed by atoms with van der Waals surface area (Å²) in [4.78, 5) is 18.9. The van der Waals surface area contributed by atoms with Gasteiger partial charge in [0.05, 0.1) is 25.3 Å². The highest BCUT2D eigenvalue weighted by atomic mass is 32.1. The molecule has 1 aromatic heterocycles. The summed E-state index contributed by atoms with van der Waals surface area (Å²) in [7, 11) is 0. The lowest BCUT2D eigenvalue weighted by atomic mass is 10.00. The Balaban J connectivity index is 1.66. The fourth-order valence-electron chi connectivity index (χ4n) is 4.24. The maximum atomic E-state index is 13.5. The van der Waals surface area contributed by atoms with E-state index in [1.165, 1.54) is 10.4 Å². The second kappa shape index (κ2) is 12.7. The highest BCUT2D eigenvalue weighted by Crippen LogP contribution is 2.34. The van der Waals surface area contributed by atoms with Gasteiger partial charge in [-0.3, -0.25) is 9.69 Å². The van der Waals surface area contributed by atoms with Crippen LogP contribution in [0.3, 0.4) is 0 Å². The van der Waals surface area contributed by atoms with Crippen LogP contribution in [0.15, 0.2) is 35.7 Å². The number of hydrogen-bond donors (Lipinski definition) is 1. The minimum atomic E-state index is -0.626. The zero-order chi connectivity index (χ0) is 24.7. The van der Waals surface area contributed by atoms with Gasteiger partial charge in [0, 0.05) is 30.6 Å². The van der Waals surface area contributed by atoms with Gasteiger partial charge in [0.25, 0.3) is 0 Å². The number of hydrogen-bond acceptors (Lipinski definition) is 6. The number of aryl methyl sites for hydroxylation is 1. The molecule has 2 atom stereocenters. The third kappa shape index (κ3) is 7.54. The third-order valence-electron chi connectivity index (χ3n) is 6.09. The van der Waals surface area contributed by atoms with E-state index >= 15 is 0 Å². The van der Waals surface area contributed by atoms with E-state index in [0.717, 1.165) is 17.7 Å². The average Bonchev–Trinajstić information content (AvgIpc) is 3.25. The smallest absolute Gasteiger partial charge is 0.237 e. The van der Waals surface area contributed by atoms with Crippen LogP contribution < -0.4 is 4.74 Å². The molecule has 1 aliphatic heterocycles. The zero-order valence-electron chi connectivity index (χ0n) is 21.2. The molecule has 2 unspecified atom stereocenters. The first kappa shape index (κ1) is 26.7. The summed E-state index contributed by atoms with van der Waals surface area (Å²) in [5.41, 5.74) is 2.34. The summed E-state index contributed by atoms with van der Waals surface area (Å²) in [5.74, 6) is 1.32. The highest BCUT2D eigenvalue weighted by molar-refractivity contribution is 7.10. The Hall–Kier alpha value is -1.93. The molecule has 1 amide bonds. The van der Waals surface area contributed by atoms with Crippen molar-refractivity contribution in [3.8, 4) is 5.75 Å². The lowest BCUT2D eigenvalue weighted by Gasteiger charge is -2.38. The lowest BCUT2D eigenvalue weighted by molar-refractivity contribution is -0.137. The van der Waals surface area contributed by atoms with Gasteiger partial charge in [-0.2, -0.15) is 0 Å². The molecular formula is C27H40N2O4S. The van der Waals surface area contributed by atoms with E-state index in [2.05, 4.69) is 39.1 Å². The first-order valence-corrected chi connectivity index (χ1v) is 13.2. The van der Waals surface area contributed by atoms with Crippen LogP contribution in [0.5, 0.6) is 5.75 Å². The molecule has 7 heteroatoms. The third-order valence-corrected chi connectivity index (χ3v) is 7.08. The molecule has 1 aromatic carbocycles. The molecule has 0 bridgehead atoms. The van der Waals surface area contributed by atoms with Crippen LogP contribution in [0.25, 0.3) is 0 Å². The van der Waals surface area contributed by atoms with Gasteiger partial charge in [-0.25, -0.2) is 0 Å². The maximum Gasteiger partial charge on any atom is 0.237 e. The van der Waals surface area contributed by atoms with Crippen LogP contribution in [0.4, 0.5) is 0 Å². The van der Waals surface area contributed by atoms with Gasteiger partial charge in [0.15, 0.2) is 0 Å². The van der Waals surface area contributed by atoms with Crippen LogP contribution in [-0.2, 0) is 16.0 Å². The number of amides is 1. The van der Waals surface area contributed by atoms with Crippen molar-refractivity contribution in [3.63, 3.8) is 0 Å². The summed E-state index contributed by atoms with van der Waals surface area (Å²) in [6, 6.07) is 10.2. The Bertz CT molecular complexity index is 914. The lowest BCUT2D eigenvalue weighted by Crippen LogP contribution is -2.49.